The van der Waals surface area contributed by atoms with Crippen molar-refractivity contribution in [2.24, 2.45) is 0 Å². The Morgan fingerprint density at radius 2 is 0.646 bits per heavy atom. The van der Waals surface area contributed by atoms with Crippen LogP contribution in [0.1, 0.15) is 124 Å². The average Bonchev–Trinajstić information content (AvgIpc) is 1.64. The van der Waals surface area contributed by atoms with Crippen molar-refractivity contribution in [3.63, 3.8) is 0 Å². The van der Waals surface area contributed by atoms with Gasteiger partial charge in [0.2, 0.25) is 11.9 Å². The maximum Gasteiger partial charge on any atom is 0.351 e. The highest BCUT2D eigenvalue weighted by Gasteiger charge is 2.50. The monoisotopic (exact) mass is 2320 g/mol. The van der Waals surface area contributed by atoms with Crippen LogP contribution in [-0.4, -0.2) is 229 Å². The van der Waals surface area contributed by atoms with E-state index in [2.05, 4.69) is 64.8 Å². The van der Waals surface area contributed by atoms with Gasteiger partial charge < -0.3 is 167 Å². The van der Waals surface area contributed by atoms with Crippen LogP contribution in [0.4, 0.5) is 29.4 Å². The van der Waals surface area contributed by atoms with E-state index in [9.17, 15) is 62.5 Å². The van der Waals surface area contributed by atoms with E-state index >= 15 is 9.79 Å². The number of nitrogens with zero attached hydrogens (tertiary/aromatic N) is 16. The van der Waals surface area contributed by atoms with E-state index in [1.54, 1.807) is 20.8 Å². The maximum absolute atomic E-state index is 15.0. The molecule has 802 valence electrons. The molecular formula is C72H89N25O36P7S7-7. The minimum atomic E-state index is -5.08. The normalized spacial score (nSPS) is 29.4. The standard InChI is InChI=1S/C72H96N25O36P7S7/c1-7-33-34(8-47(120-33)91-15-29(2)57(73)83-69(91)102)128-135(107,142)114-20-42-36(9-48(121-42)92-16-30(3)58(74)84-70(92)103)129-137(109,144)118-23-45-39(13-51(124-45)95-26-80-54-59(75)78-25-79-60(54)95)132-139(111,146)116-21-43-38(11-50(122-43)94-18-32(5)64(99)90-72(94)105)131-138(110,145)119-24-46-40(14-53(126-46)97-28-82-56-62(97)86-68(77)88-66(56)101)133-140(112,147)117-22-44-37(10-49(123-44)93-17-31(4)63(98)89-71(93)104)130-136(108,143)115-19-41-35(127-134(106,141)113-6)12-52(125-41)96-27-81-55-61(96)85-67(76)87-65(55)100/h15-18,25-28,33-53H,7-14,19-24H2,1-6H3,(H,106,141)(H,107,142)(H,108,143)(H,109,144)(H,110,145)(H,111,146)(H,112,147)(H2,73,83,102)(H2,74,84,103)(H2,75,78,79)(H,89,98,104)(H,90,99,105)(H3,76,85,87,100)(H3,77,86,88,101)/p-7/t33-,34-,35-,36-,37-,38-,39-,40-,41-,42-,43-,44-,45-,46-,47-,48-,49-,50-,51-,52-,53-,134?,135?,136?,137?,138?,139?,140?/m1/s1. The zero-order valence-corrected chi connectivity index (χ0v) is 88.8. The van der Waals surface area contributed by atoms with E-state index in [4.69, 9.17) is 208 Å². The number of imidazole rings is 3. The number of anilines is 5. The Morgan fingerprint density at radius 1 is 0.361 bits per heavy atom. The molecule has 7 aliphatic heterocycles. The lowest BCUT2D eigenvalue weighted by atomic mass is 10.1. The molecule has 14 N–H and O–H groups in total. The van der Waals surface area contributed by atoms with Gasteiger partial charge in [0.25, 0.3) is 22.2 Å². The second-order valence-electron chi connectivity index (χ2n) is 34.1. The number of hydrogen-bond acceptors (Lipinski definition) is 57. The van der Waals surface area contributed by atoms with Crippen LogP contribution in [0, 0.1) is 27.7 Å². The molecule has 0 amide bonds. The van der Waals surface area contributed by atoms with Gasteiger partial charge in [0, 0.05) is 99.1 Å². The molecule has 147 heavy (non-hydrogen) atoms. The summed E-state index contributed by atoms with van der Waals surface area (Å²) in [5.41, 5.74) is 23.7. The third-order valence-corrected chi connectivity index (χ3v) is 35.3. The Bertz CT molecular complexity index is 7590. The second kappa shape index (κ2) is 44.3. The van der Waals surface area contributed by atoms with Crippen LogP contribution in [0.5, 0.6) is 0 Å². The van der Waals surface area contributed by atoms with Gasteiger partial charge in [0.15, 0.2) is 40.6 Å². The number of H-pyrrole nitrogens is 4. The molecular weight excluding hydrogens is 2230 g/mol. The van der Waals surface area contributed by atoms with Crippen molar-refractivity contribution in [2.45, 2.75) is 215 Å². The molecule has 7 saturated heterocycles. The number of aryl methyl sites for hydroxylation is 4. The number of ether oxygens (including phenoxy) is 7. The largest absolute Gasteiger partial charge is 0.780 e. The molecule has 10 aromatic rings. The fourth-order valence-electron chi connectivity index (χ4n) is 17.1. The van der Waals surface area contributed by atoms with Crippen LogP contribution >= 0.6 is 47.1 Å². The van der Waals surface area contributed by atoms with Crippen LogP contribution in [0.2, 0.25) is 0 Å². The van der Waals surface area contributed by atoms with Gasteiger partial charge in [-0.1, -0.05) is 77.8 Å². The van der Waals surface area contributed by atoms with Gasteiger partial charge in [-0.15, -0.1) is 0 Å². The van der Waals surface area contributed by atoms with Crippen LogP contribution in [0.25, 0.3) is 33.5 Å². The predicted octanol–water partition coefficient (Wildman–Crippen LogP) is -3.12. The number of nitrogens with one attached hydrogen (secondary N) is 4. The van der Waals surface area contributed by atoms with Crippen molar-refractivity contribution in [1.29, 1.82) is 0 Å². The zero-order valence-electron chi connectivity index (χ0n) is 76.9. The van der Waals surface area contributed by atoms with E-state index in [0.29, 0.717) is 17.5 Å². The van der Waals surface area contributed by atoms with Gasteiger partial charge in [-0.3, -0.25) is 75.6 Å². The lowest BCUT2D eigenvalue weighted by Gasteiger charge is -2.36. The first-order valence-corrected chi connectivity index (χ1v) is 61.8. The summed E-state index contributed by atoms with van der Waals surface area (Å²) >= 11 is 38.1. The molecule has 61 nitrogen and oxygen atoms in total. The number of nitrogens with two attached hydrogens (primary N) is 5. The molecule has 0 saturated carbocycles. The van der Waals surface area contributed by atoms with Crippen molar-refractivity contribution in [3.8, 4) is 0 Å². The van der Waals surface area contributed by atoms with Crippen molar-refractivity contribution in [3.05, 3.63) is 156 Å². The summed E-state index contributed by atoms with van der Waals surface area (Å²) in [7, 11) is 1.03. The number of aromatic amines is 4. The molecule has 0 aliphatic carbocycles. The first-order chi connectivity index (χ1) is 69.2. The molecule has 7 fully saturated rings. The van der Waals surface area contributed by atoms with Crippen molar-refractivity contribution < 1.29 is 130 Å². The molecule has 0 spiro atoms. The summed E-state index contributed by atoms with van der Waals surface area (Å²) in [4.78, 5) is 238. The Balaban J connectivity index is 0.585. The van der Waals surface area contributed by atoms with Crippen LogP contribution in [-0.2, 0) is 184 Å². The summed E-state index contributed by atoms with van der Waals surface area (Å²) in [6.45, 7) is -31.2. The average molecular weight is 2320 g/mol. The molecule has 28 atom stereocenters. The zero-order chi connectivity index (χ0) is 106. The molecule has 7 unspecified atom stereocenters. The summed E-state index contributed by atoms with van der Waals surface area (Å²) in [6.07, 6.45) is -20.9. The summed E-state index contributed by atoms with van der Waals surface area (Å²) in [5, 5.41) is 0. The van der Waals surface area contributed by atoms with Gasteiger partial charge in [-0.05, 0) is 34.1 Å². The predicted molar refractivity (Wildman–Crippen MR) is 520 cm³/mol. The van der Waals surface area contributed by atoms with Crippen molar-refractivity contribution in [1.82, 2.24) is 96.8 Å². The minimum absolute atomic E-state index is 0.000249. The quantitative estimate of drug-likeness (QED) is 0.0135. The third-order valence-electron chi connectivity index (χ3n) is 24.2. The summed E-state index contributed by atoms with van der Waals surface area (Å²) < 4.78 is 149. The topological polar surface area (TPSA) is 830 Å². The highest BCUT2D eigenvalue weighted by molar-refractivity contribution is 8.32. The van der Waals surface area contributed by atoms with E-state index in [1.807, 2.05) is 0 Å². The number of rotatable bonds is 41. The Hall–Kier alpha value is -7.23. The molecule has 0 aromatic carbocycles. The van der Waals surface area contributed by atoms with Gasteiger partial charge >= 0.3 is 22.8 Å². The van der Waals surface area contributed by atoms with E-state index < -0.39 is 280 Å². The Labute approximate surface area is 860 Å². The lowest BCUT2D eigenvalue weighted by Crippen LogP contribution is -2.34. The van der Waals surface area contributed by atoms with Gasteiger partial charge in [-0.2, -0.15) is 19.9 Å². The number of fused-ring (bicyclic) bond motifs is 3. The van der Waals surface area contributed by atoms with E-state index in [0.717, 1.165) is 45.9 Å². The summed E-state index contributed by atoms with van der Waals surface area (Å²) in [6, 6.07) is 0. The number of nitrogen functional groups attached to an aromatic ring is 5. The van der Waals surface area contributed by atoms with Gasteiger partial charge in [-0.25, -0.2) is 44.1 Å². The van der Waals surface area contributed by atoms with Crippen molar-refractivity contribution >= 4 is 193 Å². The maximum atomic E-state index is 15.0. The molecule has 7 aliphatic rings. The SMILES string of the molecule is CC[C@H]1O[C@@H](n2cc(C)c(N)nc2=O)C[C@H]1OP([O-])(=S)OC[C@H]1O[C@@H](n2cc(C)c(N)nc2=O)C[C@H]1OP(=O)([S-])OC[C@H]1O[C@@H](n2cnc3c(N)ncnc32)C[C@H]1OP([O-])(=S)OC[C@H]1O[C@@H](n2cc(C)c(=O)[nH]c2=O)C[C@H]1OP([O-])(=S)OC[C@H]1O[C@@H](n2cnc3c(=O)[nH]c(N)nc32)C[C@H]1OP([O-])(=S)OC[C@H]1O[C@@H](n2cc(C)c(=O)[nH]c2=O)C[C@H]1OP([O-])(=S)OC[C@H]1O[C@@H](n2cnc3c(=O)[nH]c(N)nc32)C[C@H]1OP([O-])(=S)OC. The Morgan fingerprint density at radius 3 is 0.986 bits per heavy atom. The highest BCUT2D eigenvalue weighted by Crippen LogP contribution is 2.57. The van der Waals surface area contributed by atoms with Crippen LogP contribution < -0.4 is 103 Å². The van der Waals surface area contributed by atoms with E-state index in [1.165, 1.54) is 57.2 Å². The smallest absolute Gasteiger partial charge is 0.351 e. The molecule has 0 radical (unpaired) electrons. The van der Waals surface area contributed by atoms with Gasteiger partial charge in [0.05, 0.1) is 107 Å². The second-order valence-corrected chi connectivity index (χ2v) is 53.2. The Kier molecular flexibility index (Phi) is 33.4. The van der Waals surface area contributed by atoms with Crippen LogP contribution in [0.3, 0.4) is 0 Å². The fraction of sp³-hybridized carbons (Fsp3) is 0.569. The van der Waals surface area contributed by atoms with Crippen molar-refractivity contribution in [2.75, 3.05) is 75.4 Å². The minimum Gasteiger partial charge on any atom is -0.780 e. The molecule has 10 aromatic heterocycles. The first-order valence-electron chi connectivity index (χ1n) is 43.9. The summed E-state index contributed by atoms with van der Waals surface area (Å²) in [5.74, 6) is -0.780. The molecule has 17 rings (SSSR count). The third kappa shape index (κ3) is 25.7. The fourth-order valence-corrected chi connectivity index (χ4v) is 26.8. The van der Waals surface area contributed by atoms with E-state index in [-0.39, 0.29) is 99.7 Å². The van der Waals surface area contributed by atoms with Crippen LogP contribution in [0.15, 0.2) is 88.5 Å². The first kappa shape index (κ1) is 111. The van der Waals surface area contributed by atoms with Gasteiger partial charge in [0.1, 0.15) is 144 Å². The molecule has 0 bridgehead atoms. The number of aromatic nitrogens is 20. The number of hydrogen-bond donors (Lipinski definition) is 9. The highest BCUT2D eigenvalue weighted by atomic mass is 32.7. The molecule has 17 heterocycles. The lowest BCUT2D eigenvalue weighted by molar-refractivity contribution is -0.221. The molecule has 75 heteroatoms.